The number of aromatic nitrogens is 2. The van der Waals surface area contributed by atoms with Crippen molar-refractivity contribution in [3.05, 3.63) is 29.5 Å². The molecule has 0 aliphatic rings. The molecule has 0 unspecified atom stereocenters. The molecule has 3 heteroatoms. The summed E-state index contributed by atoms with van der Waals surface area (Å²) in [4.78, 5) is 0. The van der Waals surface area contributed by atoms with Crippen molar-refractivity contribution in [2.45, 2.75) is 13.3 Å². The van der Waals surface area contributed by atoms with E-state index in [0.29, 0.717) is 6.54 Å². The smallest absolute Gasteiger partial charge is 0.0926 e. The van der Waals surface area contributed by atoms with Gasteiger partial charge in [0, 0.05) is 11.1 Å². The molecule has 0 aliphatic heterocycles. The van der Waals surface area contributed by atoms with Crippen molar-refractivity contribution in [3.8, 4) is 0 Å². The maximum atomic E-state index is 5.48. The van der Waals surface area contributed by atoms with Crippen molar-refractivity contribution in [2.24, 2.45) is 5.73 Å². The maximum absolute atomic E-state index is 5.48. The molecule has 68 valence electrons. The van der Waals surface area contributed by atoms with Crippen LogP contribution in [0.5, 0.6) is 0 Å². The fraction of sp³-hybridized carbons (Fsp3) is 0.300. The minimum Gasteiger partial charge on any atom is -0.330 e. The first-order chi connectivity index (χ1) is 6.31. The highest BCUT2D eigenvalue weighted by molar-refractivity contribution is 5.81. The summed E-state index contributed by atoms with van der Waals surface area (Å²) < 4.78 is 0. The molecule has 3 N–H and O–H groups in total. The van der Waals surface area contributed by atoms with E-state index in [4.69, 9.17) is 5.73 Å². The molecule has 0 fully saturated rings. The minimum absolute atomic E-state index is 0.689. The summed E-state index contributed by atoms with van der Waals surface area (Å²) >= 11 is 0. The first-order valence-corrected chi connectivity index (χ1v) is 4.45. The van der Waals surface area contributed by atoms with Gasteiger partial charge >= 0.3 is 0 Å². The number of aromatic amines is 1. The number of hydrogen-bond acceptors (Lipinski definition) is 2. The number of rotatable bonds is 2. The summed E-state index contributed by atoms with van der Waals surface area (Å²) in [6.07, 6.45) is 0.918. The lowest BCUT2D eigenvalue weighted by Gasteiger charge is -1.97. The lowest BCUT2D eigenvalue weighted by molar-refractivity contribution is 0.970. The van der Waals surface area contributed by atoms with Crippen LogP contribution in [0, 0.1) is 6.92 Å². The molecule has 0 saturated carbocycles. The van der Waals surface area contributed by atoms with E-state index >= 15 is 0 Å². The lowest BCUT2D eigenvalue weighted by atomic mass is 10.1. The van der Waals surface area contributed by atoms with E-state index in [-0.39, 0.29) is 0 Å². The molecular formula is C10H13N3. The van der Waals surface area contributed by atoms with Crippen LogP contribution in [0.1, 0.15) is 11.3 Å². The monoisotopic (exact) mass is 175 g/mol. The molecule has 1 heterocycles. The summed E-state index contributed by atoms with van der Waals surface area (Å²) in [6.45, 7) is 2.72. The van der Waals surface area contributed by atoms with Gasteiger partial charge in [0.25, 0.3) is 0 Å². The van der Waals surface area contributed by atoms with Crippen molar-refractivity contribution in [2.75, 3.05) is 6.54 Å². The van der Waals surface area contributed by atoms with Gasteiger partial charge < -0.3 is 5.73 Å². The van der Waals surface area contributed by atoms with E-state index in [1.54, 1.807) is 0 Å². The van der Waals surface area contributed by atoms with E-state index in [1.807, 2.05) is 6.92 Å². The standard InChI is InChI=1S/C10H13N3/c1-7-9-3-2-8(4-5-11)6-10(9)13-12-7/h2-3,6H,4-5,11H2,1H3,(H,12,13). The molecule has 0 spiro atoms. The van der Waals surface area contributed by atoms with E-state index in [2.05, 4.69) is 28.4 Å². The fourth-order valence-corrected chi connectivity index (χ4v) is 1.51. The number of aryl methyl sites for hydroxylation is 1. The van der Waals surface area contributed by atoms with E-state index in [1.165, 1.54) is 10.9 Å². The van der Waals surface area contributed by atoms with Crippen molar-refractivity contribution in [3.63, 3.8) is 0 Å². The third kappa shape index (κ3) is 1.42. The van der Waals surface area contributed by atoms with Crippen LogP contribution in [0.25, 0.3) is 10.9 Å². The molecule has 1 aromatic carbocycles. The highest BCUT2D eigenvalue weighted by Gasteiger charge is 2.01. The average Bonchev–Trinajstić information content (AvgIpc) is 2.48. The van der Waals surface area contributed by atoms with Gasteiger partial charge in [0.05, 0.1) is 5.52 Å². The molecule has 2 rings (SSSR count). The van der Waals surface area contributed by atoms with E-state index in [0.717, 1.165) is 17.6 Å². The van der Waals surface area contributed by atoms with Crippen molar-refractivity contribution in [1.82, 2.24) is 10.2 Å². The number of nitrogens with zero attached hydrogens (tertiary/aromatic N) is 1. The number of hydrogen-bond donors (Lipinski definition) is 2. The van der Waals surface area contributed by atoms with Crippen LogP contribution >= 0.6 is 0 Å². The third-order valence-corrected chi connectivity index (χ3v) is 2.24. The summed E-state index contributed by atoms with van der Waals surface area (Å²) in [5, 5.41) is 8.36. The van der Waals surface area contributed by atoms with Gasteiger partial charge in [0.2, 0.25) is 0 Å². The Kier molecular flexibility index (Phi) is 2.02. The maximum Gasteiger partial charge on any atom is 0.0926 e. The Hall–Kier alpha value is -1.35. The predicted octanol–water partition coefficient (Wildman–Crippen LogP) is 1.37. The van der Waals surface area contributed by atoms with Crippen LogP contribution in [0.15, 0.2) is 18.2 Å². The Balaban J connectivity index is 2.50. The fourth-order valence-electron chi connectivity index (χ4n) is 1.51. The normalized spacial score (nSPS) is 10.9. The Morgan fingerprint density at radius 2 is 2.31 bits per heavy atom. The molecule has 13 heavy (non-hydrogen) atoms. The molecule has 3 nitrogen and oxygen atoms in total. The second-order valence-electron chi connectivity index (χ2n) is 3.24. The zero-order chi connectivity index (χ0) is 9.26. The zero-order valence-electron chi connectivity index (χ0n) is 7.67. The largest absolute Gasteiger partial charge is 0.330 e. The molecule has 0 bridgehead atoms. The Bertz CT molecular complexity index is 417. The van der Waals surface area contributed by atoms with Crippen LogP contribution in [-0.4, -0.2) is 16.7 Å². The number of H-pyrrole nitrogens is 1. The van der Waals surface area contributed by atoms with Crippen molar-refractivity contribution in [1.29, 1.82) is 0 Å². The number of nitrogens with two attached hydrogens (primary N) is 1. The van der Waals surface area contributed by atoms with Gasteiger partial charge in [-0.05, 0) is 31.5 Å². The summed E-state index contributed by atoms with van der Waals surface area (Å²) in [5.74, 6) is 0. The van der Waals surface area contributed by atoms with Crippen LogP contribution in [0.3, 0.4) is 0 Å². The van der Waals surface area contributed by atoms with Gasteiger partial charge in [-0.1, -0.05) is 12.1 Å². The zero-order valence-corrected chi connectivity index (χ0v) is 7.67. The first-order valence-electron chi connectivity index (χ1n) is 4.45. The highest BCUT2D eigenvalue weighted by atomic mass is 15.1. The first kappa shape index (κ1) is 8.26. The molecule has 0 amide bonds. The predicted molar refractivity (Wildman–Crippen MR) is 53.6 cm³/mol. The molecule has 2 aromatic rings. The van der Waals surface area contributed by atoms with E-state index in [9.17, 15) is 0 Å². The van der Waals surface area contributed by atoms with Crippen LogP contribution in [0.4, 0.5) is 0 Å². The topological polar surface area (TPSA) is 54.7 Å². The molecule has 0 saturated heterocycles. The Morgan fingerprint density at radius 3 is 3.08 bits per heavy atom. The second-order valence-corrected chi connectivity index (χ2v) is 3.24. The quantitative estimate of drug-likeness (QED) is 0.724. The van der Waals surface area contributed by atoms with Gasteiger partial charge in [-0.25, -0.2) is 0 Å². The molecular weight excluding hydrogens is 162 g/mol. The number of nitrogens with one attached hydrogen (secondary N) is 1. The van der Waals surface area contributed by atoms with E-state index < -0.39 is 0 Å². The number of fused-ring (bicyclic) bond motifs is 1. The van der Waals surface area contributed by atoms with Gasteiger partial charge in [-0.2, -0.15) is 5.10 Å². The van der Waals surface area contributed by atoms with Crippen molar-refractivity contribution < 1.29 is 0 Å². The summed E-state index contributed by atoms with van der Waals surface area (Å²) in [7, 11) is 0. The van der Waals surface area contributed by atoms with Crippen LogP contribution in [0.2, 0.25) is 0 Å². The van der Waals surface area contributed by atoms with Crippen LogP contribution < -0.4 is 5.73 Å². The van der Waals surface area contributed by atoms with Crippen molar-refractivity contribution >= 4 is 10.9 Å². The molecule has 0 atom stereocenters. The SMILES string of the molecule is Cc1[nH]nc2cc(CCN)ccc12. The Labute approximate surface area is 76.9 Å². The summed E-state index contributed by atoms with van der Waals surface area (Å²) in [5.41, 5.74) is 8.88. The van der Waals surface area contributed by atoms with Gasteiger partial charge in [0.15, 0.2) is 0 Å². The second kappa shape index (κ2) is 3.18. The average molecular weight is 175 g/mol. The minimum atomic E-state index is 0.689. The van der Waals surface area contributed by atoms with Gasteiger partial charge in [0.1, 0.15) is 0 Å². The number of benzene rings is 1. The summed E-state index contributed by atoms with van der Waals surface area (Å²) in [6, 6.07) is 6.29. The Morgan fingerprint density at radius 1 is 1.46 bits per heavy atom. The molecule has 0 radical (unpaired) electrons. The van der Waals surface area contributed by atoms with Gasteiger partial charge in [-0.3, -0.25) is 5.10 Å². The third-order valence-electron chi connectivity index (χ3n) is 2.24. The van der Waals surface area contributed by atoms with Gasteiger partial charge in [-0.15, -0.1) is 0 Å². The lowest BCUT2D eigenvalue weighted by Crippen LogP contribution is -2.02. The van der Waals surface area contributed by atoms with Crippen LogP contribution in [-0.2, 0) is 6.42 Å². The highest BCUT2D eigenvalue weighted by Crippen LogP contribution is 2.16. The molecule has 1 aromatic heterocycles. The molecule has 0 aliphatic carbocycles.